The zero-order valence-corrected chi connectivity index (χ0v) is 16.2. The molecular formula is C19H31NO3S. The second-order valence-corrected chi connectivity index (χ2v) is 8.75. The monoisotopic (exact) mass is 353 g/mol. The number of nitrogens with one attached hydrogen (secondary N) is 1. The lowest BCUT2D eigenvalue weighted by atomic mass is 9.90. The molecule has 1 aliphatic rings. The molecule has 1 aliphatic heterocycles. The fourth-order valence-corrected chi connectivity index (χ4v) is 4.59. The van der Waals surface area contributed by atoms with Crippen molar-refractivity contribution < 1.29 is 13.2 Å². The summed E-state index contributed by atoms with van der Waals surface area (Å²) in [5, 5.41) is 0. The molecule has 0 radical (unpaired) electrons. The molecule has 2 rings (SSSR count). The largest absolute Gasteiger partial charge is 0.364 e. The van der Waals surface area contributed by atoms with Gasteiger partial charge in [0.15, 0.2) is 0 Å². The third kappa shape index (κ3) is 4.58. The van der Waals surface area contributed by atoms with Gasteiger partial charge in [-0.15, -0.1) is 0 Å². The van der Waals surface area contributed by atoms with Crippen LogP contribution in [0.5, 0.6) is 0 Å². The summed E-state index contributed by atoms with van der Waals surface area (Å²) < 4.78 is 34.0. The number of unbranched alkanes of at least 4 members (excludes halogenated alkanes) is 2. The molecule has 0 aromatic heterocycles. The number of rotatable bonds is 10. The lowest BCUT2D eigenvalue weighted by Crippen LogP contribution is -2.39. The molecule has 1 fully saturated rings. The van der Waals surface area contributed by atoms with Gasteiger partial charge < -0.3 is 4.74 Å². The molecule has 0 amide bonds. The van der Waals surface area contributed by atoms with E-state index in [1.807, 2.05) is 26.0 Å². The Hall–Kier alpha value is -0.910. The van der Waals surface area contributed by atoms with Gasteiger partial charge in [-0.3, -0.25) is 0 Å². The summed E-state index contributed by atoms with van der Waals surface area (Å²) in [6, 6.07) is 6.73. The number of epoxide rings is 1. The van der Waals surface area contributed by atoms with E-state index >= 15 is 0 Å². The van der Waals surface area contributed by atoms with E-state index in [0.717, 1.165) is 44.1 Å². The highest BCUT2D eigenvalue weighted by Crippen LogP contribution is 2.47. The van der Waals surface area contributed by atoms with Gasteiger partial charge in [0.25, 0.3) is 0 Å². The summed E-state index contributed by atoms with van der Waals surface area (Å²) in [6.45, 7) is 8.21. The minimum Gasteiger partial charge on any atom is -0.364 e. The summed E-state index contributed by atoms with van der Waals surface area (Å²) >= 11 is 0. The van der Waals surface area contributed by atoms with Crippen LogP contribution in [0.4, 0.5) is 0 Å². The second kappa shape index (κ2) is 7.98. The van der Waals surface area contributed by atoms with Gasteiger partial charge in [0, 0.05) is 6.04 Å². The van der Waals surface area contributed by atoms with E-state index in [1.54, 1.807) is 12.1 Å². The third-order valence-electron chi connectivity index (χ3n) is 4.86. The number of benzene rings is 1. The minimum atomic E-state index is -3.50. The Morgan fingerprint density at radius 1 is 1.12 bits per heavy atom. The van der Waals surface area contributed by atoms with Gasteiger partial charge in [0.1, 0.15) is 6.10 Å². The average molecular weight is 354 g/mol. The summed E-state index contributed by atoms with van der Waals surface area (Å²) in [5.41, 5.74) is 0.923. The van der Waals surface area contributed by atoms with Gasteiger partial charge in [-0.05, 0) is 38.8 Å². The molecule has 1 N–H and O–H groups in total. The van der Waals surface area contributed by atoms with Crippen molar-refractivity contribution in [3.8, 4) is 0 Å². The summed E-state index contributed by atoms with van der Waals surface area (Å²) in [5.74, 6) is 0. The first-order valence-electron chi connectivity index (χ1n) is 9.11. The lowest BCUT2D eigenvalue weighted by Gasteiger charge is -2.17. The molecule has 0 bridgehead atoms. The number of sulfonamides is 1. The first-order chi connectivity index (χ1) is 11.3. The number of hydrogen-bond acceptors (Lipinski definition) is 3. The van der Waals surface area contributed by atoms with Crippen LogP contribution in [0, 0.1) is 6.92 Å². The molecule has 5 heteroatoms. The molecule has 1 saturated heterocycles. The quantitative estimate of drug-likeness (QED) is 0.642. The Morgan fingerprint density at radius 2 is 1.67 bits per heavy atom. The van der Waals surface area contributed by atoms with E-state index in [0.29, 0.717) is 4.90 Å². The maximum atomic E-state index is 12.6. The zero-order chi connectivity index (χ0) is 17.8. The number of hydrogen-bond donors (Lipinski definition) is 1. The van der Waals surface area contributed by atoms with Crippen molar-refractivity contribution >= 4 is 10.0 Å². The Balaban J connectivity index is 2.03. The Bertz CT molecular complexity index is 617. The van der Waals surface area contributed by atoms with Crippen molar-refractivity contribution in [1.82, 2.24) is 4.72 Å². The first kappa shape index (κ1) is 19.4. The highest BCUT2D eigenvalue weighted by atomic mass is 32.2. The molecule has 136 valence electrons. The zero-order valence-electron chi connectivity index (χ0n) is 15.3. The Labute approximate surface area is 147 Å². The molecule has 0 spiro atoms. The highest BCUT2D eigenvalue weighted by Gasteiger charge is 2.57. The fraction of sp³-hybridized carbons (Fsp3) is 0.684. The van der Waals surface area contributed by atoms with Crippen molar-refractivity contribution in [1.29, 1.82) is 0 Å². The molecule has 1 aromatic rings. The maximum absolute atomic E-state index is 12.6. The van der Waals surface area contributed by atoms with Gasteiger partial charge in [-0.1, -0.05) is 57.2 Å². The average Bonchev–Trinajstić information content (AvgIpc) is 3.26. The molecule has 0 unspecified atom stereocenters. The highest BCUT2D eigenvalue weighted by molar-refractivity contribution is 7.89. The molecular weight excluding hydrogens is 322 g/mol. The van der Waals surface area contributed by atoms with Crippen molar-refractivity contribution in [2.75, 3.05) is 0 Å². The van der Waals surface area contributed by atoms with E-state index in [2.05, 4.69) is 18.6 Å². The SMILES string of the molecule is CCCCC1(CCCC)O[C@@H]1[C@H](C)NS(=O)(=O)c1ccc(C)cc1. The van der Waals surface area contributed by atoms with Crippen molar-refractivity contribution in [2.45, 2.75) is 88.9 Å². The molecule has 1 heterocycles. The predicted molar refractivity (Wildman–Crippen MR) is 97.6 cm³/mol. The van der Waals surface area contributed by atoms with E-state index in [9.17, 15) is 8.42 Å². The van der Waals surface area contributed by atoms with Gasteiger partial charge in [0.2, 0.25) is 10.0 Å². The smallest absolute Gasteiger partial charge is 0.240 e. The third-order valence-corrected chi connectivity index (χ3v) is 6.43. The van der Waals surface area contributed by atoms with Gasteiger partial charge in [-0.25, -0.2) is 13.1 Å². The summed E-state index contributed by atoms with van der Waals surface area (Å²) in [6.07, 6.45) is 6.53. The normalized spacial score (nSPS) is 20.8. The van der Waals surface area contributed by atoms with Gasteiger partial charge in [-0.2, -0.15) is 0 Å². The molecule has 2 atom stereocenters. The molecule has 0 saturated carbocycles. The van der Waals surface area contributed by atoms with E-state index < -0.39 is 10.0 Å². The van der Waals surface area contributed by atoms with Crippen LogP contribution >= 0.6 is 0 Å². The van der Waals surface area contributed by atoms with Crippen molar-refractivity contribution in [3.05, 3.63) is 29.8 Å². The van der Waals surface area contributed by atoms with Crippen LogP contribution in [0.2, 0.25) is 0 Å². The van der Waals surface area contributed by atoms with Gasteiger partial charge in [0.05, 0.1) is 10.5 Å². The van der Waals surface area contributed by atoms with Crippen LogP contribution in [0.1, 0.15) is 64.9 Å². The Kier molecular flexibility index (Phi) is 6.46. The second-order valence-electron chi connectivity index (χ2n) is 7.03. The van der Waals surface area contributed by atoms with Crippen LogP contribution in [0.15, 0.2) is 29.2 Å². The number of aryl methyl sites for hydroxylation is 1. The Morgan fingerprint density at radius 3 is 2.17 bits per heavy atom. The predicted octanol–water partition coefficient (Wildman–Crippen LogP) is 4.18. The van der Waals surface area contributed by atoms with E-state index in [-0.39, 0.29) is 17.7 Å². The minimum absolute atomic E-state index is 0.0178. The fourth-order valence-electron chi connectivity index (χ4n) is 3.35. The van der Waals surface area contributed by atoms with E-state index in [1.165, 1.54) is 0 Å². The van der Waals surface area contributed by atoms with Crippen LogP contribution < -0.4 is 4.72 Å². The van der Waals surface area contributed by atoms with E-state index in [4.69, 9.17) is 4.74 Å². The standard InChI is InChI=1S/C19H31NO3S/c1-5-7-13-19(14-8-6-2)18(23-19)16(4)20-24(21,22)17-11-9-15(3)10-12-17/h9-12,16,18,20H,5-8,13-14H2,1-4H3/t16-,18+/m0/s1. The topological polar surface area (TPSA) is 58.7 Å². The number of ether oxygens (including phenoxy) is 1. The first-order valence-corrected chi connectivity index (χ1v) is 10.6. The molecule has 24 heavy (non-hydrogen) atoms. The van der Waals surface area contributed by atoms with Gasteiger partial charge >= 0.3 is 0 Å². The lowest BCUT2D eigenvalue weighted by molar-refractivity contribution is 0.254. The summed E-state index contributed by atoms with van der Waals surface area (Å²) in [4.78, 5) is 0.313. The molecule has 1 aromatic carbocycles. The molecule has 4 nitrogen and oxygen atoms in total. The van der Waals surface area contributed by atoms with Crippen LogP contribution in [-0.2, 0) is 14.8 Å². The van der Waals surface area contributed by atoms with Crippen LogP contribution in [0.3, 0.4) is 0 Å². The van der Waals surface area contributed by atoms with Crippen molar-refractivity contribution in [3.63, 3.8) is 0 Å². The molecule has 0 aliphatic carbocycles. The summed E-state index contributed by atoms with van der Waals surface area (Å²) in [7, 11) is -3.50. The van der Waals surface area contributed by atoms with Crippen molar-refractivity contribution in [2.24, 2.45) is 0 Å². The maximum Gasteiger partial charge on any atom is 0.240 e. The van der Waals surface area contributed by atoms with Crippen LogP contribution in [0.25, 0.3) is 0 Å². The van der Waals surface area contributed by atoms with Crippen LogP contribution in [-0.4, -0.2) is 26.2 Å².